The van der Waals surface area contributed by atoms with Crippen LogP contribution in [0.15, 0.2) is 82.8 Å². The molecule has 0 aliphatic rings. The van der Waals surface area contributed by atoms with Crippen molar-refractivity contribution in [2.45, 2.75) is 23.1 Å². The fraction of sp³-hybridized carbons (Fsp3) is 0.143. The van der Waals surface area contributed by atoms with Crippen LogP contribution >= 0.6 is 0 Å². The van der Waals surface area contributed by atoms with Gasteiger partial charge in [0.25, 0.3) is 5.91 Å². The van der Waals surface area contributed by atoms with Crippen LogP contribution in [-0.4, -0.2) is 25.9 Å². The van der Waals surface area contributed by atoms with Gasteiger partial charge in [-0.05, 0) is 66.9 Å². The second-order valence-electron chi connectivity index (χ2n) is 6.21. The summed E-state index contributed by atoms with van der Waals surface area (Å²) < 4.78 is 25.4. The lowest BCUT2D eigenvalue weighted by molar-refractivity contribution is 0.0954. The summed E-state index contributed by atoms with van der Waals surface area (Å²) in [5.74, 6) is -0.238. The summed E-state index contributed by atoms with van der Waals surface area (Å²) in [5, 5.41) is 2.83. The first kappa shape index (κ1) is 18.8. The Morgan fingerprint density at radius 3 is 2.44 bits per heavy atom. The third-order valence-corrected chi connectivity index (χ3v) is 5.92. The van der Waals surface area contributed by atoms with E-state index >= 15 is 0 Å². The average Bonchev–Trinajstić information content (AvgIpc) is 2.69. The van der Waals surface area contributed by atoms with Crippen LogP contribution in [0.4, 0.5) is 0 Å². The van der Waals surface area contributed by atoms with E-state index in [1.807, 2.05) is 25.1 Å². The summed E-state index contributed by atoms with van der Waals surface area (Å²) >= 11 is 0. The molecule has 6 heteroatoms. The number of nitrogens with one attached hydrogen (secondary N) is 1. The number of hydrogen-bond donors (Lipinski definition) is 1. The summed E-state index contributed by atoms with van der Waals surface area (Å²) in [5.41, 5.74) is 2.34. The molecule has 0 spiro atoms. The fourth-order valence-corrected chi connectivity index (χ4v) is 4.04. The Morgan fingerprint density at radius 1 is 1.00 bits per heavy atom. The fourth-order valence-electron chi connectivity index (χ4n) is 2.67. The molecule has 0 aliphatic carbocycles. The second-order valence-corrected chi connectivity index (χ2v) is 8.16. The lowest BCUT2D eigenvalue weighted by Gasteiger charge is -2.08. The van der Waals surface area contributed by atoms with E-state index in [1.54, 1.807) is 30.6 Å². The first-order valence-corrected chi connectivity index (χ1v) is 10.0. The number of amides is 1. The molecule has 3 aromatic rings. The quantitative estimate of drug-likeness (QED) is 0.712. The van der Waals surface area contributed by atoms with E-state index in [-0.39, 0.29) is 15.7 Å². The molecule has 3 rings (SSSR count). The number of carbonyl (C=O) groups excluding carboxylic acids is 1. The van der Waals surface area contributed by atoms with Gasteiger partial charge in [-0.25, -0.2) is 8.42 Å². The summed E-state index contributed by atoms with van der Waals surface area (Å²) in [4.78, 5) is 16.7. The molecule has 2 aromatic carbocycles. The number of aromatic nitrogens is 1. The van der Waals surface area contributed by atoms with E-state index in [1.165, 1.54) is 24.3 Å². The Bertz CT molecular complexity index is 1030. The molecule has 0 unspecified atom stereocenters. The van der Waals surface area contributed by atoms with E-state index in [0.717, 1.165) is 11.1 Å². The highest BCUT2D eigenvalue weighted by atomic mass is 32.2. The summed E-state index contributed by atoms with van der Waals surface area (Å²) in [6, 6.07) is 16.6. The number of carbonyl (C=O) groups is 1. The molecule has 0 fully saturated rings. The van der Waals surface area contributed by atoms with Crippen molar-refractivity contribution < 1.29 is 13.2 Å². The second kappa shape index (κ2) is 8.14. The molecule has 1 aromatic heterocycles. The van der Waals surface area contributed by atoms with Gasteiger partial charge in [-0.15, -0.1) is 0 Å². The molecule has 0 aliphatic heterocycles. The SMILES string of the molecule is Cc1cccc(S(=O)(=O)c2ccc(C(=O)NCCc3cccnc3)cc2)c1. The number of sulfone groups is 1. The summed E-state index contributed by atoms with van der Waals surface area (Å²) in [6.07, 6.45) is 4.14. The van der Waals surface area contributed by atoms with E-state index in [4.69, 9.17) is 0 Å². The first-order valence-electron chi connectivity index (χ1n) is 8.56. The Hall–Kier alpha value is -2.99. The minimum Gasteiger partial charge on any atom is -0.352 e. The van der Waals surface area contributed by atoms with Crippen LogP contribution < -0.4 is 5.32 Å². The predicted molar refractivity (Wildman–Crippen MR) is 103 cm³/mol. The lowest BCUT2D eigenvalue weighted by Crippen LogP contribution is -2.25. The molecule has 1 amide bonds. The van der Waals surface area contributed by atoms with Crippen LogP contribution in [0.1, 0.15) is 21.5 Å². The van der Waals surface area contributed by atoms with Crippen molar-refractivity contribution >= 4 is 15.7 Å². The van der Waals surface area contributed by atoms with E-state index in [9.17, 15) is 13.2 Å². The third-order valence-electron chi connectivity index (χ3n) is 4.15. The molecule has 0 radical (unpaired) electrons. The average molecular weight is 380 g/mol. The molecule has 1 N–H and O–H groups in total. The normalized spacial score (nSPS) is 11.1. The van der Waals surface area contributed by atoms with Gasteiger partial charge in [-0.2, -0.15) is 0 Å². The Kier molecular flexibility index (Phi) is 5.66. The van der Waals surface area contributed by atoms with E-state index in [2.05, 4.69) is 10.3 Å². The van der Waals surface area contributed by atoms with Crippen molar-refractivity contribution in [3.05, 3.63) is 89.7 Å². The minimum atomic E-state index is -3.60. The number of benzene rings is 2. The Morgan fingerprint density at radius 2 is 1.78 bits per heavy atom. The van der Waals surface area contributed by atoms with Gasteiger partial charge >= 0.3 is 0 Å². The highest BCUT2D eigenvalue weighted by Gasteiger charge is 2.18. The molecular formula is C21H20N2O3S. The molecular weight excluding hydrogens is 360 g/mol. The van der Waals surface area contributed by atoms with Crippen molar-refractivity contribution in [2.75, 3.05) is 6.54 Å². The maximum atomic E-state index is 12.7. The number of nitrogens with zero attached hydrogens (tertiary/aromatic N) is 1. The number of hydrogen-bond acceptors (Lipinski definition) is 4. The van der Waals surface area contributed by atoms with Crippen molar-refractivity contribution in [3.63, 3.8) is 0 Å². The van der Waals surface area contributed by atoms with Gasteiger partial charge < -0.3 is 5.32 Å². The number of aryl methyl sites for hydroxylation is 1. The zero-order chi connectivity index (χ0) is 19.3. The Labute approximate surface area is 159 Å². The Balaban J connectivity index is 1.66. The standard InChI is InChI=1S/C21H20N2O3S/c1-16-4-2-6-20(14-16)27(25,26)19-9-7-18(8-10-19)21(24)23-13-11-17-5-3-12-22-15-17/h2-10,12,14-15H,11,13H2,1H3,(H,23,24). The topological polar surface area (TPSA) is 76.1 Å². The van der Waals surface area contributed by atoms with Crippen LogP contribution in [0.25, 0.3) is 0 Å². The van der Waals surface area contributed by atoms with Crippen LogP contribution in [-0.2, 0) is 16.3 Å². The van der Waals surface area contributed by atoms with Gasteiger partial charge in [0.15, 0.2) is 0 Å². The van der Waals surface area contributed by atoms with E-state index in [0.29, 0.717) is 18.5 Å². The molecule has 138 valence electrons. The summed E-state index contributed by atoms with van der Waals surface area (Å²) in [7, 11) is -3.60. The van der Waals surface area contributed by atoms with Crippen molar-refractivity contribution in [2.24, 2.45) is 0 Å². The van der Waals surface area contributed by atoms with Crippen molar-refractivity contribution in [1.29, 1.82) is 0 Å². The molecule has 1 heterocycles. The molecule has 0 bridgehead atoms. The maximum absolute atomic E-state index is 12.7. The van der Waals surface area contributed by atoms with E-state index < -0.39 is 9.84 Å². The lowest BCUT2D eigenvalue weighted by atomic mass is 10.2. The van der Waals surface area contributed by atoms with Gasteiger partial charge in [-0.3, -0.25) is 9.78 Å². The monoisotopic (exact) mass is 380 g/mol. The van der Waals surface area contributed by atoms with Crippen molar-refractivity contribution in [3.8, 4) is 0 Å². The van der Waals surface area contributed by atoms with Crippen molar-refractivity contribution in [1.82, 2.24) is 10.3 Å². The first-order chi connectivity index (χ1) is 13.0. The van der Waals surface area contributed by atoms with Crippen LogP contribution in [0.3, 0.4) is 0 Å². The van der Waals surface area contributed by atoms with Gasteiger partial charge in [0.1, 0.15) is 0 Å². The number of pyridine rings is 1. The van der Waals surface area contributed by atoms with Crippen LogP contribution in [0, 0.1) is 6.92 Å². The predicted octanol–water partition coefficient (Wildman–Crippen LogP) is 3.20. The van der Waals surface area contributed by atoms with Crippen LogP contribution in [0.5, 0.6) is 0 Å². The van der Waals surface area contributed by atoms with Gasteiger partial charge in [0, 0.05) is 24.5 Å². The molecule has 0 saturated carbocycles. The zero-order valence-electron chi connectivity index (χ0n) is 14.9. The highest BCUT2D eigenvalue weighted by molar-refractivity contribution is 7.91. The molecule has 5 nitrogen and oxygen atoms in total. The molecule has 27 heavy (non-hydrogen) atoms. The molecule has 0 atom stereocenters. The zero-order valence-corrected chi connectivity index (χ0v) is 15.7. The highest BCUT2D eigenvalue weighted by Crippen LogP contribution is 2.21. The largest absolute Gasteiger partial charge is 0.352 e. The maximum Gasteiger partial charge on any atom is 0.251 e. The van der Waals surface area contributed by atoms with Gasteiger partial charge in [0.2, 0.25) is 9.84 Å². The summed E-state index contributed by atoms with van der Waals surface area (Å²) in [6.45, 7) is 2.33. The molecule has 0 saturated heterocycles. The number of rotatable bonds is 6. The van der Waals surface area contributed by atoms with Gasteiger partial charge in [0.05, 0.1) is 9.79 Å². The van der Waals surface area contributed by atoms with Crippen LogP contribution in [0.2, 0.25) is 0 Å². The minimum absolute atomic E-state index is 0.167. The van der Waals surface area contributed by atoms with Gasteiger partial charge in [-0.1, -0.05) is 18.2 Å². The third kappa shape index (κ3) is 4.60. The smallest absolute Gasteiger partial charge is 0.251 e.